The van der Waals surface area contributed by atoms with Crippen LogP contribution in [0, 0.1) is 5.82 Å². The number of carbonyl (C=O) groups excluding carboxylic acids is 1. The van der Waals surface area contributed by atoms with E-state index in [0.717, 1.165) is 0 Å². The minimum absolute atomic E-state index is 0.0379. The predicted octanol–water partition coefficient (Wildman–Crippen LogP) is 1.79. The predicted molar refractivity (Wildman–Crippen MR) is 60.3 cm³/mol. The summed E-state index contributed by atoms with van der Waals surface area (Å²) in [7, 11) is 1.36. The summed E-state index contributed by atoms with van der Waals surface area (Å²) < 4.78 is 18.4. The van der Waals surface area contributed by atoms with Gasteiger partial charge in [0, 0.05) is 6.54 Å². The van der Waals surface area contributed by atoms with Crippen LogP contribution in [-0.2, 0) is 0 Å². The second kappa shape index (κ2) is 6.02. The summed E-state index contributed by atoms with van der Waals surface area (Å²) in [6.45, 7) is 4.10. The Morgan fingerprint density at radius 2 is 2.38 bits per heavy atom. The molecule has 0 aliphatic rings. The number of methoxy groups -OCH3 is 1. The number of hydrogen-bond donors (Lipinski definition) is 1. The summed E-state index contributed by atoms with van der Waals surface area (Å²) in [5, 5.41) is 2.82. The maximum atomic E-state index is 13.6. The van der Waals surface area contributed by atoms with Gasteiger partial charge >= 0.3 is 0 Å². The molecule has 0 aliphatic carbocycles. The quantitative estimate of drug-likeness (QED) is 0.454. The van der Waals surface area contributed by atoms with Gasteiger partial charge in [-0.2, -0.15) is 0 Å². The van der Waals surface area contributed by atoms with E-state index in [-0.39, 0.29) is 23.6 Å². The first-order valence-electron chi connectivity index (χ1n) is 4.88. The van der Waals surface area contributed by atoms with Gasteiger partial charge in [-0.15, -0.1) is 6.58 Å². The van der Waals surface area contributed by atoms with Gasteiger partial charge in [0.25, 0.3) is 0 Å². The Hall–Kier alpha value is -1.68. The Kier molecular flexibility index (Phi) is 4.66. The van der Waals surface area contributed by atoms with E-state index in [1.165, 1.54) is 19.2 Å². The van der Waals surface area contributed by atoms with E-state index in [4.69, 9.17) is 4.74 Å². The smallest absolute Gasteiger partial charge is 0.179 e. The number of rotatable bonds is 6. The summed E-state index contributed by atoms with van der Waals surface area (Å²) in [4.78, 5) is 11.6. The normalized spacial score (nSPS) is 9.88. The van der Waals surface area contributed by atoms with Crippen LogP contribution in [0.5, 0.6) is 5.75 Å². The summed E-state index contributed by atoms with van der Waals surface area (Å²) in [6, 6.07) is 4.50. The van der Waals surface area contributed by atoms with Gasteiger partial charge in [0.2, 0.25) is 0 Å². The molecule has 0 saturated carbocycles. The van der Waals surface area contributed by atoms with Crippen LogP contribution in [0.4, 0.5) is 4.39 Å². The molecule has 0 aliphatic heterocycles. The summed E-state index contributed by atoms with van der Waals surface area (Å²) in [6.07, 6.45) is 1.63. The van der Waals surface area contributed by atoms with Crippen molar-refractivity contribution in [3.63, 3.8) is 0 Å². The second-order valence-electron chi connectivity index (χ2n) is 3.16. The highest BCUT2D eigenvalue weighted by Gasteiger charge is 2.14. The van der Waals surface area contributed by atoms with E-state index >= 15 is 0 Å². The second-order valence-corrected chi connectivity index (χ2v) is 3.16. The van der Waals surface area contributed by atoms with Gasteiger partial charge in [0.05, 0.1) is 19.2 Å². The van der Waals surface area contributed by atoms with Gasteiger partial charge < -0.3 is 10.1 Å². The molecular weight excluding hydrogens is 209 g/mol. The maximum Gasteiger partial charge on any atom is 0.179 e. The van der Waals surface area contributed by atoms with Gasteiger partial charge in [-0.25, -0.2) is 4.39 Å². The van der Waals surface area contributed by atoms with Crippen LogP contribution in [0.3, 0.4) is 0 Å². The largest absolute Gasteiger partial charge is 0.494 e. The Labute approximate surface area is 93.9 Å². The third-order valence-corrected chi connectivity index (χ3v) is 2.06. The highest BCUT2D eigenvalue weighted by Crippen LogP contribution is 2.19. The molecule has 0 spiro atoms. The van der Waals surface area contributed by atoms with Gasteiger partial charge in [0.15, 0.2) is 17.3 Å². The minimum atomic E-state index is -0.615. The molecule has 0 fully saturated rings. The first-order valence-corrected chi connectivity index (χ1v) is 4.88. The highest BCUT2D eigenvalue weighted by atomic mass is 19.1. The number of hydrogen-bond acceptors (Lipinski definition) is 3. The molecule has 86 valence electrons. The van der Waals surface area contributed by atoms with Crippen LogP contribution >= 0.6 is 0 Å². The van der Waals surface area contributed by atoms with Crippen molar-refractivity contribution in [1.29, 1.82) is 0 Å². The molecule has 0 heterocycles. The van der Waals surface area contributed by atoms with E-state index in [0.29, 0.717) is 6.54 Å². The van der Waals surface area contributed by atoms with E-state index in [2.05, 4.69) is 11.9 Å². The Morgan fingerprint density at radius 3 is 3.00 bits per heavy atom. The molecule has 1 aromatic rings. The number of carbonyl (C=O) groups is 1. The first-order chi connectivity index (χ1) is 7.70. The van der Waals surface area contributed by atoms with Gasteiger partial charge in [-0.1, -0.05) is 12.1 Å². The Morgan fingerprint density at radius 1 is 1.62 bits per heavy atom. The minimum Gasteiger partial charge on any atom is -0.494 e. The lowest BCUT2D eigenvalue weighted by Gasteiger charge is -2.06. The zero-order valence-corrected chi connectivity index (χ0v) is 9.13. The molecule has 0 aromatic heterocycles. The number of halogens is 1. The fraction of sp³-hybridized carbons (Fsp3) is 0.250. The molecule has 0 amide bonds. The molecule has 1 N–H and O–H groups in total. The molecule has 0 saturated heterocycles. The lowest BCUT2D eigenvalue weighted by molar-refractivity contribution is 0.0987. The zero-order valence-electron chi connectivity index (χ0n) is 9.13. The van der Waals surface area contributed by atoms with Crippen molar-refractivity contribution in [2.45, 2.75) is 0 Å². The Balaban J connectivity index is 2.79. The van der Waals surface area contributed by atoms with Crippen LogP contribution in [0.2, 0.25) is 0 Å². The van der Waals surface area contributed by atoms with Crippen molar-refractivity contribution in [3.05, 3.63) is 42.2 Å². The third kappa shape index (κ3) is 2.90. The number of nitrogens with one attached hydrogen (secondary N) is 1. The molecular formula is C12H14FNO2. The monoisotopic (exact) mass is 223 g/mol. The molecule has 4 heteroatoms. The van der Waals surface area contributed by atoms with Crippen molar-refractivity contribution in [2.24, 2.45) is 0 Å². The number of benzene rings is 1. The van der Waals surface area contributed by atoms with E-state index in [9.17, 15) is 9.18 Å². The molecule has 0 radical (unpaired) electrons. The fourth-order valence-electron chi connectivity index (χ4n) is 1.27. The average molecular weight is 223 g/mol. The van der Waals surface area contributed by atoms with Crippen LogP contribution in [0.1, 0.15) is 10.4 Å². The topological polar surface area (TPSA) is 38.3 Å². The summed E-state index contributed by atoms with van der Waals surface area (Å²) in [5.74, 6) is -0.844. The highest BCUT2D eigenvalue weighted by molar-refractivity contribution is 5.98. The maximum absolute atomic E-state index is 13.6. The molecule has 3 nitrogen and oxygen atoms in total. The van der Waals surface area contributed by atoms with Crippen LogP contribution in [0.25, 0.3) is 0 Å². The van der Waals surface area contributed by atoms with Crippen molar-refractivity contribution in [3.8, 4) is 5.75 Å². The van der Waals surface area contributed by atoms with Crippen LogP contribution < -0.4 is 10.1 Å². The third-order valence-electron chi connectivity index (χ3n) is 2.06. The van der Waals surface area contributed by atoms with Crippen molar-refractivity contribution in [2.75, 3.05) is 20.2 Å². The first kappa shape index (κ1) is 12.4. The van der Waals surface area contributed by atoms with E-state index in [1.54, 1.807) is 12.1 Å². The van der Waals surface area contributed by atoms with Crippen molar-refractivity contribution >= 4 is 5.78 Å². The molecule has 0 atom stereocenters. The molecule has 16 heavy (non-hydrogen) atoms. The Bertz CT molecular complexity index is 391. The number of Topliss-reactive ketones (excluding diaryl/α,β-unsaturated/α-hetero) is 1. The van der Waals surface area contributed by atoms with Crippen molar-refractivity contribution in [1.82, 2.24) is 5.32 Å². The lowest BCUT2D eigenvalue weighted by atomic mass is 10.1. The van der Waals surface area contributed by atoms with E-state index < -0.39 is 5.82 Å². The zero-order chi connectivity index (χ0) is 12.0. The lowest BCUT2D eigenvalue weighted by Crippen LogP contribution is -2.23. The summed E-state index contributed by atoms with van der Waals surface area (Å²) >= 11 is 0. The standard InChI is InChI=1S/C12H14FNO2/c1-3-7-14-8-10(15)9-5-4-6-11(16-2)12(9)13/h3-6,14H,1,7-8H2,2H3. The molecule has 1 rings (SSSR count). The summed E-state index contributed by atoms with van der Waals surface area (Å²) in [5.41, 5.74) is 0.0379. The van der Waals surface area contributed by atoms with E-state index in [1.807, 2.05) is 0 Å². The average Bonchev–Trinajstić information content (AvgIpc) is 2.29. The molecule has 0 unspecified atom stereocenters. The fourth-order valence-corrected chi connectivity index (χ4v) is 1.27. The van der Waals surface area contributed by atoms with Crippen molar-refractivity contribution < 1.29 is 13.9 Å². The number of ketones is 1. The van der Waals surface area contributed by atoms with Gasteiger partial charge in [-0.05, 0) is 12.1 Å². The SMILES string of the molecule is C=CCNCC(=O)c1cccc(OC)c1F. The van der Waals surface area contributed by atoms with Gasteiger partial charge in [0.1, 0.15) is 0 Å². The number of ether oxygens (including phenoxy) is 1. The van der Waals surface area contributed by atoms with Crippen LogP contribution in [0.15, 0.2) is 30.9 Å². The molecule has 0 bridgehead atoms. The van der Waals surface area contributed by atoms with Gasteiger partial charge in [-0.3, -0.25) is 4.79 Å². The molecule has 1 aromatic carbocycles. The van der Waals surface area contributed by atoms with Crippen LogP contribution in [-0.4, -0.2) is 26.0 Å².